The van der Waals surface area contributed by atoms with Crippen molar-refractivity contribution in [1.29, 1.82) is 0 Å². The molecule has 0 aliphatic heterocycles. The fraction of sp³-hybridized carbons (Fsp3) is 0.700. The van der Waals surface area contributed by atoms with Gasteiger partial charge in [0, 0.05) is 12.4 Å². The van der Waals surface area contributed by atoms with E-state index < -0.39 is 36.4 Å². The maximum absolute atomic E-state index is 11.1. The molecule has 0 saturated heterocycles. The van der Waals surface area contributed by atoms with Crippen molar-refractivity contribution in [3.8, 4) is 0 Å². The van der Waals surface area contributed by atoms with E-state index in [0.717, 1.165) is 6.42 Å². The first kappa shape index (κ1) is 15.4. The van der Waals surface area contributed by atoms with Crippen molar-refractivity contribution < 1.29 is 34.4 Å². The minimum Gasteiger partial charge on any atom is -0.550 e. The monoisotopic (exact) mass is 246 g/mol. The molecule has 0 aromatic heterocycles. The Balaban J connectivity index is 4.39. The number of rotatable bonds is 8. The van der Waals surface area contributed by atoms with Gasteiger partial charge in [-0.25, -0.2) is 0 Å². The highest BCUT2D eigenvalue weighted by molar-refractivity contribution is 5.87. The number of carbonyl (C=O) groups is 3. The summed E-state index contributed by atoms with van der Waals surface area (Å²) >= 11 is 0. The Morgan fingerprint density at radius 3 is 2.24 bits per heavy atom. The first-order chi connectivity index (χ1) is 7.81. The fourth-order valence-electron chi connectivity index (χ4n) is 1.07. The number of carboxylic acids is 2. The highest BCUT2D eigenvalue weighted by Gasteiger charge is 2.32. The molecule has 0 radical (unpaired) electrons. The summed E-state index contributed by atoms with van der Waals surface area (Å²) in [6.45, 7) is 1.95. The van der Waals surface area contributed by atoms with Crippen molar-refractivity contribution in [2.45, 2.75) is 38.2 Å². The number of hydrogen-bond acceptors (Lipinski definition) is 7. The van der Waals surface area contributed by atoms with Gasteiger partial charge in [0.25, 0.3) is 0 Å². The molecule has 0 aromatic carbocycles. The summed E-state index contributed by atoms with van der Waals surface area (Å²) in [5.74, 6) is -4.83. The second-order valence-electron chi connectivity index (χ2n) is 3.62. The molecule has 0 aromatic rings. The third-order valence-corrected chi connectivity index (χ3v) is 2.01. The Morgan fingerprint density at radius 2 is 1.82 bits per heavy atom. The summed E-state index contributed by atoms with van der Waals surface area (Å²) in [4.78, 5) is 31.9. The van der Waals surface area contributed by atoms with Crippen LogP contribution in [0.4, 0.5) is 0 Å². The van der Waals surface area contributed by atoms with Crippen LogP contribution in [-0.2, 0) is 19.1 Å². The topological polar surface area (TPSA) is 127 Å². The molecule has 1 N–H and O–H groups in total. The van der Waals surface area contributed by atoms with Crippen LogP contribution in [0.5, 0.6) is 0 Å². The van der Waals surface area contributed by atoms with Crippen LogP contribution in [-0.4, -0.2) is 35.2 Å². The summed E-state index contributed by atoms with van der Waals surface area (Å²) in [7, 11) is 0. The molecule has 0 fully saturated rings. The number of carboxylic acid groups (broad SMARTS) is 2. The summed E-state index contributed by atoms with van der Waals surface area (Å²) in [6.07, 6.45) is -0.835. The Bertz CT molecular complexity index is 299. The number of aliphatic hydroxyl groups is 1. The van der Waals surface area contributed by atoms with E-state index in [4.69, 9.17) is 0 Å². The minimum atomic E-state index is -2.79. The lowest BCUT2D eigenvalue weighted by Crippen LogP contribution is -2.52. The third-order valence-electron chi connectivity index (χ3n) is 2.01. The van der Waals surface area contributed by atoms with Crippen LogP contribution in [0.1, 0.15) is 32.6 Å². The second kappa shape index (κ2) is 6.85. The van der Waals surface area contributed by atoms with Crippen molar-refractivity contribution in [3.63, 3.8) is 0 Å². The lowest BCUT2D eigenvalue weighted by atomic mass is 9.96. The lowest BCUT2D eigenvalue weighted by Gasteiger charge is -2.28. The number of esters is 1. The van der Waals surface area contributed by atoms with E-state index in [-0.39, 0.29) is 6.61 Å². The van der Waals surface area contributed by atoms with Gasteiger partial charge in [-0.15, -0.1) is 0 Å². The van der Waals surface area contributed by atoms with Crippen LogP contribution in [0.15, 0.2) is 0 Å². The Morgan fingerprint density at radius 1 is 1.24 bits per heavy atom. The molecule has 0 spiro atoms. The van der Waals surface area contributed by atoms with E-state index >= 15 is 0 Å². The van der Waals surface area contributed by atoms with Crippen molar-refractivity contribution in [1.82, 2.24) is 0 Å². The number of ether oxygens (including phenoxy) is 1. The molecule has 0 bridgehead atoms. The maximum Gasteiger partial charge on any atom is 0.309 e. The number of unbranched alkanes of at least 4 members (excludes halogenated alkanes) is 1. The van der Waals surface area contributed by atoms with Crippen molar-refractivity contribution in [2.75, 3.05) is 6.61 Å². The van der Waals surface area contributed by atoms with Gasteiger partial charge in [0.15, 0.2) is 0 Å². The molecule has 0 amide bonds. The predicted molar refractivity (Wildman–Crippen MR) is 50.1 cm³/mol. The molecule has 7 nitrogen and oxygen atoms in total. The van der Waals surface area contributed by atoms with Crippen LogP contribution in [0.3, 0.4) is 0 Å². The summed E-state index contributed by atoms with van der Waals surface area (Å²) in [6, 6.07) is 0. The predicted octanol–water partition coefficient (Wildman–Crippen LogP) is -2.66. The molecule has 0 aliphatic rings. The molecular weight excluding hydrogens is 232 g/mol. The molecule has 98 valence electrons. The van der Waals surface area contributed by atoms with Crippen LogP contribution < -0.4 is 10.2 Å². The SMILES string of the molecule is CCCCOC(=O)CC(O)(CC(=O)[O-])C(=O)[O-]. The zero-order valence-corrected chi connectivity index (χ0v) is 9.43. The van der Waals surface area contributed by atoms with Gasteiger partial charge in [0.2, 0.25) is 0 Å². The van der Waals surface area contributed by atoms with E-state index in [2.05, 4.69) is 4.74 Å². The number of carbonyl (C=O) groups excluding carboxylic acids is 3. The van der Waals surface area contributed by atoms with E-state index in [1.54, 1.807) is 0 Å². The molecule has 0 heterocycles. The lowest BCUT2D eigenvalue weighted by molar-refractivity contribution is -0.333. The van der Waals surface area contributed by atoms with Gasteiger partial charge < -0.3 is 29.6 Å². The average molecular weight is 246 g/mol. The van der Waals surface area contributed by atoms with Crippen molar-refractivity contribution >= 4 is 17.9 Å². The van der Waals surface area contributed by atoms with Gasteiger partial charge in [-0.05, 0) is 6.42 Å². The molecule has 7 heteroatoms. The van der Waals surface area contributed by atoms with E-state index in [1.165, 1.54) is 0 Å². The van der Waals surface area contributed by atoms with Crippen LogP contribution >= 0.6 is 0 Å². The maximum atomic E-state index is 11.1. The zero-order valence-electron chi connectivity index (χ0n) is 9.43. The van der Waals surface area contributed by atoms with Gasteiger partial charge in [0.1, 0.15) is 5.60 Å². The second-order valence-corrected chi connectivity index (χ2v) is 3.62. The fourth-order valence-corrected chi connectivity index (χ4v) is 1.07. The zero-order chi connectivity index (χ0) is 13.5. The summed E-state index contributed by atoms with van der Waals surface area (Å²) < 4.78 is 4.61. The number of aliphatic carboxylic acids is 2. The highest BCUT2D eigenvalue weighted by Crippen LogP contribution is 2.15. The van der Waals surface area contributed by atoms with Gasteiger partial charge in [0.05, 0.1) is 19.0 Å². The van der Waals surface area contributed by atoms with Crippen molar-refractivity contribution in [2.24, 2.45) is 0 Å². The molecule has 0 rings (SSSR count). The summed E-state index contributed by atoms with van der Waals surface area (Å²) in [5, 5.41) is 30.2. The molecule has 0 aliphatic carbocycles. The number of hydrogen-bond donors (Lipinski definition) is 1. The van der Waals surface area contributed by atoms with E-state index in [9.17, 15) is 29.7 Å². The first-order valence-corrected chi connectivity index (χ1v) is 5.11. The first-order valence-electron chi connectivity index (χ1n) is 5.11. The quantitative estimate of drug-likeness (QED) is 0.365. The van der Waals surface area contributed by atoms with Gasteiger partial charge in [-0.1, -0.05) is 13.3 Å². The average Bonchev–Trinajstić information content (AvgIpc) is 2.16. The Hall–Kier alpha value is -1.63. The van der Waals surface area contributed by atoms with Crippen LogP contribution in [0, 0.1) is 0 Å². The van der Waals surface area contributed by atoms with Crippen LogP contribution in [0.2, 0.25) is 0 Å². The Labute approximate surface area is 98.0 Å². The summed E-state index contributed by atoms with van der Waals surface area (Å²) in [5.41, 5.74) is -2.79. The molecule has 1 unspecified atom stereocenters. The Kier molecular flexibility index (Phi) is 6.19. The highest BCUT2D eigenvalue weighted by atomic mass is 16.5. The largest absolute Gasteiger partial charge is 0.550 e. The molecule has 17 heavy (non-hydrogen) atoms. The van der Waals surface area contributed by atoms with Gasteiger partial charge in [-0.2, -0.15) is 0 Å². The normalized spacial score (nSPS) is 13.8. The molecule has 0 saturated carbocycles. The van der Waals surface area contributed by atoms with Gasteiger partial charge >= 0.3 is 5.97 Å². The minimum absolute atomic E-state index is 0.0871. The van der Waals surface area contributed by atoms with Crippen molar-refractivity contribution in [3.05, 3.63) is 0 Å². The third kappa shape index (κ3) is 5.86. The molecule has 1 atom stereocenters. The smallest absolute Gasteiger partial charge is 0.309 e. The van der Waals surface area contributed by atoms with E-state index in [1.807, 2.05) is 6.92 Å². The van der Waals surface area contributed by atoms with E-state index in [0.29, 0.717) is 6.42 Å². The van der Waals surface area contributed by atoms with Crippen LogP contribution in [0.25, 0.3) is 0 Å². The van der Waals surface area contributed by atoms with Gasteiger partial charge in [-0.3, -0.25) is 4.79 Å². The molecular formula is C10H14O7-2. The standard InChI is InChI=1S/C10H16O7/c1-2-3-4-17-8(13)6-10(16,9(14)15)5-7(11)12/h16H,2-6H2,1H3,(H,11,12)(H,14,15)/p-2.